The van der Waals surface area contributed by atoms with Gasteiger partial charge in [-0.15, -0.1) is 0 Å². The Hall–Kier alpha value is -2.20. The number of nitrogens with zero attached hydrogens (tertiary/aromatic N) is 1. The van der Waals surface area contributed by atoms with E-state index in [1.54, 1.807) is 43.3 Å². The fourth-order valence-corrected chi connectivity index (χ4v) is 1.68. The third kappa shape index (κ3) is 3.65. The second-order valence-corrected chi connectivity index (χ2v) is 4.59. The van der Waals surface area contributed by atoms with E-state index in [0.717, 1.165) is 5.56 Å². The summed E-state index contributed by atoms with van der Waals surface area (Å²) >= 11 is 5.75. The van der Waals surface area contributed by atoms with Gasteiger partial charge in [-0.25, -0.2) is 9.82 Å². The van der Waals surface area contributed by atoms with Gasteiger partial charge in [-0.2, -0.15) is 5.10 Å². The number of carbonyl (C=O) groups is 1. The molecule has 5 heteroatoms. The molecular weight excluding hydrogens is 279 g/mol. The van der Waals surface area contributed by atoms with Gasteiger partial charge in [0.25, 0.3) is 5.91 Å². The number of rotatable bonds is 3. The number of carbonyl (C=O) groups excluding carboxylic acids is 1. The number of nitrogens with one attached hydrogen (secondary N) is 1. The van der Waals surface area contributed by atoms with Crippen molar-refractivity contribution in [2.45, 2.75) is 6.92 Å². The highest BCUT2D eigenvalue weighted by Crippen LogP contribution is 2.09. The maximum Gasteiger partial charge on any atom is 0.271 e. The number of halogens is 2. The summed E-state index contributed by atoms with van der Waals surface area (Å²) in [6.07, 6.45) is 0. The molecule has 0 saturated carbocycles. The molecular formula is C15H12ClFN2O. The van der Waals surface area contributed by atoms with Crippen LogP contribution >= 0.6 is 11.6 Å². The molecule has 1 amide bonds. The molecule has 0 saturated heterocycles. The van der Waals surface area contributed by atoms with E-state index in [1.807, 2.05) is 0 Å². The third-order valence-corrected chi connectivity index (χ3v) is 2.95. The summed E-state index contributed by atoms with van der Waals surface area (Å²) in [5, 5.41) is 4.55. The average Bonchev–Trinajstić information content (AvgIpc) is 2.46. The van der Waals surface area contributed by atoms with Crippen LogP contribution in [0.5, 0.6) is 0 Å². The quantitative estimate of drug-likeness (QED) is 0.680. The van der Waals surface area contributed by atoms with Crippen LogP contribution in [0.2, 0.25) is 5.02 Å². The Balaban J connectivity index is 2.06. The first-order valence-corrected chi connectivity index (χ1v) is 6.30. The molecule has 0 heterocycles. The standard InChI is InChI=1S/C15H12ClFN2O/c1-10(11-4-8-14(17)9-5-11)18-19-15(20)12-2-6-13(16)7-3-12/h2-9H,1H3,(H,19,20)/b18-10-. The van der Waals surface area contributed by atoms with Crippen LogP contribution in [0.25, 0.3) is 0 Å². The fourth-order valence-electron chi connectivity index (χ4n) is 1.56. The Morgan fingerprint density at radius 1 is 1.05 bits per heavy atom. The highest BCUT2D eigenvalue weighted by atomic mass is 35.5. The molecule has 0 fully saturated rings. The van der Waals surface area contributed by atoms with Gasteiger partial charge in [0.05, 0.1) is 5.71 Å². The molecule has 0 spiro atoms. The van der Waals surface area contributed by atoms with Crippen LogP contribution in [0.15, 0.2) is 53.6 Å². The smallest absolute Gasteiger partial charge is 0.267 e. The van der Waals surface area contributed by atoms with Gasteiger partial charge in [-0.1, -0.05) is 23.7 Å². The molecule has 0 bridgehead atoms. The number of amides is 1. The molecule has 0 atom stereocenters. The maximum absolute atomic E-state index is 12.8. The largest absolute Gasteiger partial charge is 0.271 e. The highest BCUT2D eigenvalue weighted by molar-refractivity contribution is 6.30. The number of hydrogen-bond donors (Lipinski definition) is 1. The molecule has 20 heavy (non-hydrogen) atoms. The van der Waals surface area contributed by atoms with Gasteiger partial charge in [0.15, 0.2) is 0 Å². The fraction of sp³-hybridized carbons (Fsp3) is 0.0667. The van der Waals surface area contributed by atoms with Crippen LogP contribution in [0.1, 0.15) is 22.8 Å². The van der Waals surface area contributed by atoms with Crippen molar-refractivity contribution in [2.75, 3.05) is 0 Å². The summed E-state index contributed by atoms with van der Waals surface area (Å²) in [4.78, 5) is 11.8. The van der Waals surface area contributed by atoms with Gasteiger partial charge in [0.2, 0.25) is 0 Å². The summed E-state index contributed by atoms with van der Waals surface area (Å²) in [5.41, 5.74) is 4.24. The molecule has 2 rings (SSSR count). The van der Waals surface area contributed by atoms with E-state index in [-0.39, 0.29) is 11.7 Å². The molecule has 102 valence electrons. The van der Waals surface area contributed by atoms with E-state index >= 15 is 0 Å². The highest BCUT2D eigenvalue weighted by Gasteiger charge is 2.04. The lowest BCUT2D eigenvalue weighted by atomic mass is 10.1. The monoisotopic (exact) mass is 290 g/mol. The van der Waals surface area contributed by atoms with Crippen molar-refractivity contribution >= 4 is 23.2 Å². The van der Waals surface area contributed by atoms with Crippen molar-refractivity contribution in [3.63, 3.8) is 0 Å². The van der Waals surface area contributed by atoms with E-state index in [9.17, 15) is 9.18 Å². The molecule has 0 radical (unpaired) electrons. The Kier molecular flexibility index (Phi) is 4.48. The van der Waals surface area contributed by atoms with Crippen LogP contribution < -0.4 is 5.43 Å². The van der Waals surface area contributed by atoms with Crippen LogP contribution in [0, 0.1) is 5.82 Å². The normalized spacial score (nSPS) is 11.2. The van der Waals surface area contributed by atoms with Gasteiger partial charge >= 0.3 is 0 Å². The second kappa shape index (κ2) is 6.30. The molecule has 0 aliphatic carbocycles. The van der Waals surface area contributed by atoms with Crippen molar-refractivity contribution < 1.29 is 9.18 Å². The lowest BCUT2D eigenvalue weighted by Gasteiger charge is -2.03. The summed E-state index contributed by atoms with van der Waals surface area (Å²) in [6, 6.07) is 12.4. The maximum atomic E-state index is 12.8. The topological polar surface area (TPSA) is 41.5 Å². The third-order valence-electron chi connectivity index (χ3n) is 2.69. The Morgan fingerprint density at radius 3 is 2.20 bits per heavy atom. The molecule has 3 nitrogen and oxygen atoms in total. The first-order chi connectivity index (χ1) is 9.56. The average molecular weight is 291 g/mol. The zero-order chi connectivity index (χ0) is 14.5. The van der Waals surface area contributed by atoms with Crippen molar-refractivity contribution in [1.82, 2.24) is 5.43 Å². The van der Waals surface area contributed by atoms with Gasteiger partial charge in [-0.3, -0.25) is 4.79 Å². The van der Waals surface area contributed by atoms with Crippen molar-refractivity contribution in [1.29, 1.82) is 0 Å². The van der Waals surface area contributed by atoms with E-state index in [4.69, 9.17) is 11.6 Å². The van der Waals surface area contributed by atoms with Crippen molar-refractivity contribution in [2.24, 2.45) is 5.10 Å². The zero-order valence-electron chi connectivity index (χ0n) is 10.7. The lowest BCUT2D eigenvalue weighted by Crippen LogP contribution is -2.19. The molecule has 2 aromatic carbocycles. The second-order valence-electron chi connectivity index (χ2n) is 4.15. The predicted molar refractivity (Wildman–Crippen MR) is 77.5 cm³/mol. The summed E-state index contributed by atoms with van der Waals surface area (Å²) in [6.45, 7) is 1.73. The van der Waals surface area contributed by atoms with Gasteiger partial charge in [-0.05, 0) is 48.9 Å². The van der Waals surface area contributed by atoms with Gasteiger partial charge in [0.1, 0.15) is 5.82 Å². The summed E-state index contributed by atoms with van der Waals surface area (Å²) < 4.78 is 12.8. The number of hydrogen-bond acceptors (Lipinski definition) is 2. The van der Waals surface area contributed by atoms with Crippen molar-refractivity contribution in [3.8, 4) is 0 Å². The Labute approximate surface area is 121 Å². The molecule has 2 aromatic rings. The molecule has 1 N–H and O–H groups in total. The Bertz CT molecular complexity index is 636. The minimum Gasteiger partial charge on any atom is -0.267 e. The summed E-state index contributed by atoms with van der Waals surface area (Å²) in [7, 11) is 0. The first-order valence-electron chi connectivity index (χ1n) is 5.92. The Morgan fingerprint density at radius 2 is 1.60 bits per heavy atom. The predicted octanol–water partition coefficient (Wildman–Crippen LogP) is 3.63. The molecule has 0 unspecified atom stereocenters. The van der Waals surface area contributed by atoms with E-state index in [1.165, 1.54) is 12.1 Å². The van der Waals surface area contributed by atoms with Crippen molar-refractivity contribution in [3.05, 3.63) is 70.5 Å². The van der Waals surface area contributed by atoms with Crippen LogP contribution in [0.3, 0.4) is 0 Å². The molecule has 0 aliphatic rings. The van der Waals surface area contributed by atoms with Crippen LogP contribution in [0.4, 0.5) is 4.39 Å². The number of benzene rings is 2. The SMILES string of the molecule is C/C(=N/NC(=O)c1ccc(Cl)cc1)c1ccc(F)cc1. The molecule has 0 aliphatic heterocycles. The van der Waals surface area contributed by atoms with Gasteiger partial charge < -0.3 is 0 Å². The first kappa shape index (κ1) is 14.2. The minimum absolute atomic E-state index is 0.313. The summed E-state index contributed by atoms with van der Waals surface area (Å²) in [5.74, 6) is -0.644. The van der Waals surface area contributed by atoms with Gasteiger partial charge in [0, 0.05) is 10.6 Å². The zero-order valence-corrected chi connectivity index (χ0v) is 11.5. The van der Waals surface area contributed by atoms with E-state index in [2.05, 4.69) is 10.5 Å². The van der Waals surface area contributed by atoms with Crippen LogP contribution in [-0.2, 0) is 0 Å². The van der Waals surface area contributed by atoms with E-state index < -0.39 is 0 Å². The van der Waals surface area contributed by atoms with Crippen LogP contribution in [-0.4, -0.2) is 11.6 Å². The lowest BCUT2D eigenvalue weighted by molar-refractivity contribution is 0.0955. The minimum atomic E-state index is -0.330. The van der Waals surface area contributed by atoms with E-state index in [0.29, 0.717) is 16.3 Å². The number of hydrazone groups is 1. The molecule has 0 aromatic heterocycles.